The van der Waals surface area contributed by atoms with E-state index in [4.69, 9.17) is 4.74 Å². The smallest absolute Gasteiger partial charge is 0.251 e. The largest absolute Gasteiger partial charge is 0.375 e. The van der Waals surface area contributed by atoms with Crippen LogP contribution in [-0.4, -0.2) is 70.6 Å². The number of nitrogens with one attached hydrogen (secondary N) is 4. The van der Waals surface area contributed by atoms with Crippen LogP contribution in [0.3, 0.4) is 0 Å². The van der Waals surface area contributed by atoms with Crippen LogP contribution >= 0.6 is 0 Å². The van der Waals surface area contributed by atoms with Crippen LogP contribution in [0.2, 0.25) is 0 Å². The van der Waals surface area contributed by atoms with Crippen molar-refractivity contribution in [2.45, 2.75) is 97.9 Å². The summed E-state index contributed by atoms with van der Waals surface area (Å²) >= 11 is 0. The van der Waals surface area contributed by atoms with Gasteiger partial charge in [-0.15, -0.1) is 0 Å². The molecule has 4 atom stereocenters. The molecule has 12 nitrogen and oxygen atoms in total. The average molecular weight is 856 g/mol. The van der Waals surface area contributed by atoms with Crippen LogP contribution in [0, 0.1) is 17.8 Å². The quantitative estimate of drug-likeness (QED) is 0.0781. The van der Waals surface area contributed by atoms with Crippen LogP contribution in [0.4, 0.5) is 5.69 Å². The summed E-state index contributed by atoms with van der Waals surface area (Å²) in [7, 11) is -2.39. The zero-order valence-electron chi connectivity index (χ0n) is 36.8. The van der Waals surface area contributed by atoms with E-state index >= 15 is 0 Å². The molecule has 13 heteroatoms. The number of benzene rings is 3. The fourth-order valence-electron chi connectivity index (χ4n) is 7.37. The molecule has 0 fully saturated rings. The monoisotopic (exact) mass is 855 g/mol. The Bertz CT molecular complexity index is 2080. The standard InChI is InChI=1S/C48H65N5O7S/c1-8-37(9-2)44(48(57)49-30-35-19-13-10-14-20-35)52-47(56)43(33(3)4)26-25-41(32-60-31-36-21-15-11-16-22-36)51-46(55)40-27-39(28-42(29-40)53(6)61(7,58)59)45(54)50-34(5)38-23-17-12-18-24-38/h11-13,15-24,27-29,33-34,37,41,43-44H,8-10,14,25-26,30-32H2,1-7H3,(H,49,57)(H,50,54)(H,51,55)(H,52,56)/t34-,41-,43+,44?/m1/s1. The molecule has 3 aromatic carbocycles. The van der Waals surface area contributed by atoms with Crippen molar-refractivity contribution in [2.75, 3.05) is 30.8 Å². The van der Waals surface area contributed by atoms with Crippen LogP contribution in [0.1, 0.15) is 111 Å². The summed E-state index contributed by atoms with van der Waals surface area (Å²) in [5.74, 6) is -2.10. The van der Waals surface area contributed by atoms with Crippen molar-refractivity contribution in [1.82, 2.24) is 21.3 Å². The number of hydrogen-bond donors (Lipinski definition) is 4. The normalized spacial score (nSPS) is 14.7. The van der Waals surface area contributed by atoms with Crippen molar-refractivity contribution >= 4 is 39.3 Å². The molecule has 0 radical (unpaired) electrons. The number of sulfonamides is 1. The van der Waals surface area contributed by atoms with E-state index in [0.717, 1.165) is 40.1 Å². The highest BCUT2D eigenvalue weighted by Gasteiger charge is 2.32. The van der Waals surface area contributed by atoms with Gasteiger partial charge in [-0.2, -0.15) is 0 Å². The second-order valence-electron chi connectivity index (χ2n) is 16.2. The van der Waals surface area contributed by atoms with Gasteiger partial charge < -0.3 is 26.0 Å². The van der Waals surface area contributed by atoms with E-state index in [1.165, 1.54) is 25.2 Å². The predicted molar refractivity (Wildman–Crippen MR) is 242 cm³/mol. The number of amides is 4. The number of anilines is 1. The van der Waals surface area contributed by atoms with Gasteiger partial charge >= 0.3 is 0 Å². The molecule has 1 aliphatic carbocycles. The molecule has 1 aliphatic rings. The average Bonchev–Trinajstić information content (AvgIpc) is 3.25. The molecule has 4 N–H and O–H groups in total. The number of nitrogens with zero attached hydrogens (tertiary/aromatic N) is 1. The molecule has 1 unspecified atom stereocenters. The lowest BCUT2D eigenvalue weighted by Crippen LogP contribution is -2.53. The van der Waals surface area contributed by atoms with Gasteiger partial charge in [0.2, 0.25) is 21.8 Å². The molecule has 4 amide bonds. The van der Waals surface area contributed by atoms with Crippen LogP contribution < -0.4 is 25.6 Å². The third-order valence-electron chi connectivity index (χ3n) is 11.3. The maximum absolute atomic E-state index is 14.2. The summed E-state index contributed by atoms with van der Waals surface area (Å²) in [6.07, 6.45) is 11.4. The van der Waals surface area contributed by atoms with Gasteiger partial charge in [-0.1, -0.05) is 119 Å². The number of allylic oxidation sites excluding steroid dienone is 2. The summed E-state index contributed by atoms with van der Waals surface area (Å²) in [4.78, 5) is 55.6. The number of ether oxygens (including phenoxy) is 1. The van der Waals surface area contributed by atoms with E-state index in [9.17, 15) is 27.6 Å². The molecule has 0 spiro atoms. The van der Waals surface area contributed by atoms with E-state index in [0.29, 0.717) is 38.8 Å². The molecule has 330 valence electrons. The summed E-state index contributed by atoms with van der Waals surface area (Å²) in [5.41, 5.74) is 3.20. The van der Waals surface area contributed by atoms with Gasteiger partial charge in [-0.25, -0.2) is 8.42 Å². The lowest BCUT2D eigenvalue weighted by molar-refractivity contribution is -0.133. The van der Waals surface area contributed by atoms with Crippen LogP contribution in [-0.2, 0) is 31.0 Å². The van der Waals surface area contributed by atoms with Gasteiger partial charge in [0, 0.05) is 30.6 Å². The molecule has 0 bridgehead atoms. The Balaban J connectivity index is 1.57. The number of hydrogen-bond acceptors (Lipinski definition) is 7. The molecule has 4 rings (SSSR count). The number of rotatable bonds is 23. The van der Waals surface area contributed by atoms with Crippen molar-refractivity contribution < 1.29 is 32.3 Å². The van der Waals surface area contributed by atoms with Crippen molar-refractivity contribution in [3.8, 4) is 0 Å². The molecular formula is C48H65N5O7S. The first-order chi connectivity index (χ1) is 29.1. The predicted octanol–water partition coefficient (Wildman–Crippen LogP) is 7.25. The maximum atomic E-state index is 14.2. The number of carbonyl (C=O) groups excluding carboxylic acids is 4. The van der Waals surface area contributed by atoms with Gasteiger partial charge in [-0.05, 0) is 79.3 Å². The first-order valence-corrected chi connectivity index (χ1v) is 23.3. The van der Waals surface area contributed by atoms with Crippen molar-refractivity contribution in [3.63, 3.8) is 0 Å². The Morgan fingerprint density at radius 3 is 1.98 bits per heavy atom. The first-order valence-electron chi connectivity index (χ1n) is 21.4. The Hall–Kier alpha value is -5.27. The highest BCUT2D eigenvalue weighted by atomic mass is 32.2. The van der Waals surface area contributed by atoms with Crippen LogP contribution in [0.5, 0.6) is 0 Å². The maximum Gasteiger partial charge on any atom is 0.251 e. The molecule has 0 heterocycles. The van der Waals surface area contributed by atoms with Gasteiger partial charge in [0.15, 0.2) is 0 Å². The zero-order chi connectivity index (χ0) is 44.5. The van der Waals surface area contributed by atoms with Gasteiger partial charge in [-0.3, -0.25) is 23.5 Å². The molecule has 0 aliphatic heterocycles. The van der Waals surface area contributed by atoms with Crippen molar-refractivity contribution in [3.05, 3.63) is 125 Å². The van der Waals surface area contributed by atoms with E-state index in [2.05, 4.69) is 33.4 Å². The second kappa shape index (κ2) is 23.7. The van der Waals surface area contributed by atoms with E-state index in [-0.39, 0.29) is 53.1 Å². The van der Waals surface area contributed by atoms with Crippen LogP contribution in [0.25, 0.3) is 0 Å². The summed E-state index contributed by atoms with van der Waals surface area (Å²) < 4.78 is 32.5. The lowest BCUT2D eigenvalue weighted by Gasteiger charge is -2.30. The second-order valence-corrected chi connectivity index (χ2v) is 18.3. The summed E-state index contributed by atoms with van der Waals surface area (Å²) in [5, 5.41) is 12.2. The molecule has 61 heavy (non-hydrogen) atoms. The van der Waals surface area contributed by atoms with Gasteiger partial charge in [0.25, 0.3) is 11.8 Å². The van der Waals surface area contributed by atoms with Gasteiger partial charge in [0.05, 0.1) is 37.2 Å². The first kappa shape index (κ1) is 48.4. The number of carbonyl (C=O) groups is 4. The Kier molecular flexibility index (Phi) is 18.8. The Morgan fingerprint density at radius 1 is 0.787 bits per heavy atom. The van der Waals surface area contributed by atoms with Gasteiger partial charge in [0.1, 0.15) is 6.04 Å². The fourth-order valence-corrected chi connectivity index (χ4v) is 7.86. The minimum Gasteiger partial charge on any atom is -0.375 e. The summed E-state index contributed by atoms with van der Waals surface area (Å²) in [6.45, 7) is 10.6. The third kappa shape index (κ3) is 15.0. The molecule has 3 aromatic rings. The SMILES string of the molecule is CCC(CC)C(NC(=O)[C@@H](CC[C@H](COCc1ccccc1)NC(=O)c1cc(C(=O)N[C@H](C)c2ccccc2)cc(N(C)S(C)(=O)=O)c1)C(C)C)C(=O)NCC1=CCCC=C1. The Morgan fingerprint density at radius 2 is 1.41 bits per heavy atom. The van der Waals surface area contributed by atoms with E-state index in [1.807, 2.05) is 101 Å². The lowest BCUT2D eigenvalue weighted by atomic mass is 9.87. The minimum atomic E-state index is -3.75. The van der Waals surface area contributed by atoms with Crippen LogP contribution in [0.15, 0.2) is 103 Å². The highest BCUT2D eigenvalue weighted by Crippen LogP contribution is 2.24. The molecule has 0 aromatic heterocycles. The van der Waals surface area contributed by atoms with Crippen molar-refractivity contribution in [2.24, 2.45) is 17.8 Å². The zero-order valence-corrected chi connectivity index (χ0v) is 37.6. The molecule has 0 saturated carbocycles. The third-order valence-corrected chi connectivity index (χ3v) is 12.5. The molecule has 0 saturated heterocycles. The Labute approximate surface area is 363 Å². The minimum absolute atomic E-state index is 0.0582. The highest BCUT2D eigenvalue weighted by molar-refractivity contribution is 7.92. The van der Waals surface area contributed by atoms with Crippen molar-refractivity contribution in [1.29, 1.82) is 0 Å². The molecular weight excluding hydrogens is 791 g/mol. The topological polar surface area (TPSA) is 163 Å². The summed E-state index contributed by atoms with van der Waals surface area (Å²) in [6, 6.07) is 21.7. The van der Waals surface area contributed by atoms with E-state index in [1.54, 1.807) is 0 Å². The fraction of sp³-hybridized carbons (Fsp3) is 0.458. The van der Waals surface area contributed by atoms with E-state index < -0.39 is 39.8 Å².